The number of aryl methyl sites for hydroxylation is 2. The summed E-state index contributed by atoms with van der Waals surface area (Å²) in [6, 6.07) is 11.3. The fourth-order valence-corrected chi connectivity index (χ4v) is 4.38. The number of hydrogen-bond acceptors (Lipinski definition) is 4. The van der Waals surface area contributed by atoms with Crippen LogP contribution in [0.3, 0.4) is 0 Å². The lowest BCUT2D eigenvalue weighted by Crippen LogP contribution is -2.40. The number of carbonyl (C=O) groups excluding carboxylic acids is 2. The molecule has 156 valence electrons. The van der Waals surface area contributed by atoms with Gasteiger partial charge in [0.2, 0.25) is 0 Å². The molecule has 0 radical (unpaired) electrons. The van der Waals surface area contributed by atoms with Crippen LogP contribution in [0.1, 0.15) is 29.5 Å². The SMILES string of the molecule is Cc1ccc(N2C(=O)C(c3ccc(F)cc3)=C(N3CCCC(CO)C3)C2=O)c(C)c1. The third kappa shape index (κ3) is 3.52. The Morgan fingerprint density at radius 2 is 1.80 bits per heavy atom. The lowest BCUT2D eigenvalue weighted by molar-refractivity contribution is -0.120. The first-order valence-electron chi connectivity index (χ1n) is 10.2. The molecule has 0 saturated carbocycles. The van der Waals surface area contributed by atoms with Crippen molar-refractivity contribution in [1.29, 1.82) is 0 Å². The van der Waals surface area contributed by atoms with Crippen LogP contribution in [0.5, 0.6) is 0 Å². The zero-order valence-corrected chi connectivity index (χ0v) is 17.2. The van der Waals surface area contributed by atoms with E-state index in [2.05, 4.69) is 0 Å². The molecule has 5 nitrogen and oxygen atoms in total. The highest BCUT2D eigenvalue weighted by Crippen LogP contribution is 2.37. The average Bonchev–Trinajstić information content (AvgIpc) is 2.99. The van der Waals surface area contributed by atoms with Crippen molar-refractivity contribution in [3.05, 3.63) is 70.7 Å². The molecule has 0 aliphatic carbocycles. The van der Waals surface area contributed by atoms with Gasteiger partial charge in [-0.3, -0.25) is 9.59 Å². The van der Waals surface area contributed by atoms with Crippen molar-refractivity contribution in [2.75, 3.05) is 24.6 Å². The van der Waals surface area contributed by atoms with E-state index in [1.54, 1.807) is 6.07 Å². The van der Waals surface area contributed by atoms with Gasteiger partial charge in [0.15, 0.2) is 0 Å². The summed E-state index contributed by atoms with van der Waals surface area (Å²) in [6.07, 6.45) is 1.71. The van der Waals surface area contributed by atoms with Crippen LogP contribution in [0.2, 0.25) is 0 Å². The van der Waals surface area contributed by atoms with Gasteiger partial charge in [-0.1, -0.05) is 29.8 Å². The van der Waals surface area contributed by atoms with Gasteiger partial charge in [0.25, 0.3) is 11.8 Å². The summed E-state index contributed by atoms with van der Waals surface area (Å²) in [5.41, 5.74) is 3.58. The van der Waals surface area contributed by atoms with E-state index in [0.717, 1.165) is 24.0 Å². The number of carbonyl (C=O) groups is 2. The molecule has 2 aromatic carbocycles. The number of aliphatic hydroxyl groups is 1. The van der Waals surface area contributed by atoms with Gasteiger partial charge in [0.05, 0.1) is 11.3 Å². The lowest BCUT2D eigenvalue weighted by atomic mass is 9.97. The second kappa shape index (κ2) is 8.03. The minimum Gasteiger partial charge on any atom is -0.396 e. The van der Waals surface area contributed by atoms with Crippen LogP contribution < -0.4 is 4.90 Å². The van der Waals surface area contributed by atoms with Gasteiger partial charge < -0.3 is 10.0 Å². The molecule has 30 heavy (non-hydrogen) atoms. The van der Waals surface area contributed by atoms with Crippen LogP contribution in [0, 0.1) is 25.6 Å². The van der Waals surface area contributed by atoms with E-state index in [0.29, 0.717) is 35.6 Å². The van der Waals surface area contributed by atoms with E-state index >= 15 is 0 Å². The Kier molecular flexibility index (Phi) is 5.43. The van der Waals surface area contributed by atoms with Crippen LogP contribution in [-0.2, 0) is 9.59 Å². The Morgan fingerprint density at radius 3 is 2.47 bits per heavy atom. The number of anilines is 1. The Hall–Kier alpha value is -2.99. The standard InChI is InChI=1S/C24H25FN2O3/c1-15-5-10-20(16(2)12-15)27-23(29)21(18-6-8-19(25)9-7-18)22(24(27)30)26-11-3-4-17(13-26)14-28/h5-10,12,17,28H,3-4,11,13-14H2,1-2H3. The molecule has 1 atom stereocenters. The molecular weight excluding hydrogens is 383 g/mol. The monoisotopic (exact) mass is 408 g/mol. The summed E-state index contributed by atoms with van der Waals surface area (Å²) in [5.74, 6) is -1.12. The molecule has 0 aromatic heterocycles. The molecular formula is C24H25FN2O3. The molecule has 2 aromatic rings. The summed E-state index contributed by atoms with van der Waals surface area (Å²) >= 11 is 0. The third-order valence-corrected chi connectivity index (χ3v) is 5.88. The molecule has 0 bridgehead atoms. The van der Waals surface area contributed by atoms with Crippen molar-refractivity contribution in [2.45, 2.75) is 26.7 Å². The van der Waals surface area contributed by atoms with Crippen molar-refractivity contribution in [1.82, 2.24) is 4.90 Å². The number of hydrogen-bond donors (Lipinski definition) is 1. The van der Waals surface area contributed by atoms with E-state index in [-0.39, 0.29) is 18.4 Å². The smallest absolute Gasteiger partial charge is 0.282 e. The van der Waals surface area contributed by atoms with E-state index in [4.69, 9.17) is 0 Å². The van der Waals surface area contributed by atoms with Crippen LogP contribution >= 0.6 is 0 Å². The van der Waals surface area contributed by atoms with Crippen molar-refractivity contribution in [3.63, 3.8) is 0 Å². The highest BCUT2D eigenvalue weighted by Gasteiger charge is 2.43. The van der Waals surface area contributed by atoms with Crippen LogP contribution in [0.25, 0.3) is 5.57 Å². The van der Waals surface area contributed by atoms with Crippen LogP contribution in [-0.4, -0.2) is 41.5 Å². The number of halogens is 1. The van der Waals surface area contributed by atoms with Crippen LogP contribution in [0.15, 0.2) is 48.2 Å². The van der Waals surface area contributed by atoms with E-state index in [9.17, 15) is 19.1 Å². The van der Waals surface area contributed by atoms with Crippen molar-refractivity contribution < 1.29 is 19.1 Å². The van der Waals surface area contributed by atoms with Gasteiger partial charge in [-0.2, -0.15) is 0 Å². The molecule has 1 saturated heterocycles. The highest BCUT2D eigenvalue weighted by atomic mass is 19.1. The molecule has 2 aliphatic heterocycles. The number of likely N-dealkylation sites (tertiary alicyclic amines) is 1. The molecule has 1 N–H and O–H groups in total. The summed E-state index contributed by atoms with van der Waals surface area (Å²) in [6.45, 7) is 5.02. The van der Waals surface area contributed by atoms with E-state index in [1.807, 2.05) is 30.9 Å². The zero-order valence-electron chi connectivity index (χ0n) is 17.2. The fraction of sp³-hybridized carbons (Fsp3) is 0.333. The maximum atomic E-state index is 13.6. The Balaban J connectivity index is 1.83. The fourth-order valence-electron chi connectivity index (χ4n) is 4.38. The summed E-state index contributed by atoms with van der Waals surface area (Å²) in [4.78, 5) is 30.2. The molecule has 0 spiro atoms. The minimum atomic E-state index is -0.403. The van der Waals surface area contributed by atoms with Crippen molar-refractivity contribution in [2.24, 2.45) is 5.92 Å². The minimum absolute atomic E-state index is 0.0403. The number of rotatable bonds is 4. The number of aliphatic hydroxyl groups excluding tert-OH is 1. The summed E-state index contributed by atoms with van der Waals surface area (Å²) in [7, 11) is 0. The van der Waals surface area contributed by atoms with Gasteiger partial charge in [-0.15, -0.1) is 0 Å². The third-order valence-electron chi connectivity index (χ3n) is 5.88. The average molecular weight is 408 g/mol. The van der Waals surface area contributed by atoms with Gasteiger partial charge in [0.1, 0.15) is 11.5 Å². The summed E-state index contributed by atoms with van der Waals surface area (Å²) < 4.78 is 13.5. The predicted octanol–water partition coefficient (Wildman–Crippen LogP) is 3.43. The highest BCUT2D eigenvalue weighted by molar-refractivity contribution is 6.45. The summed E-state index contributed by atoms with van der Waals surface area (Å²) in [5, 5.41) is 9.63. The van der Waals surface area contributed by atoms with Gasteiger partial charge in [-0.25, -0.2) is 9.29 Å². The second-order valence-electron chi connectivity index (χ2n) is 8.10. The van der Waals surface area contributed by atoms with Crippen LogP contribution in [0.4, 0.5) is 10.1 Å². The number of nitrogens with zero attached hydrogens (tertiary/aromatic N) is 2. The predicted molar refractivity (Wildman–Crippen MR) is 113 cm³/mol. The Morgan fingerprint density at radius 1 is 1.07 bits per heavy atom. The largest absolute Gasteiger partial charge is 0.396 e. The van der Waals surface area contributed by atoms with E-state index < -0.39 is 11.7 Å². The number of amides is 2. The molecule has 2 heterocycles. The molecule has 2 aliphatic rings. The lowest BCUT2D eigenvalue weighted by Gasteiger charge is -2.34. The normalized spacial score (nSPS) is 19.8. The Labute approximate surface area is 175 Å². The second-order valence-corrected chi connectivity index (χ2v) is 8.10. The van der Waals surface area contributed by atoms with Gasteiger partial charge >= 0.3 is 0 Å². The topological polar surface area (TPSA) is 60.9 Å². The zero-order chi connectivity index (χ0) is 21.4. The van der Waals surface area contributed by atoms with Crippen molar-refractivity contribution >= 4 is 23.1 Å². The van der Waals surface area contributed by atoms with E-state index in [1.165, 1.54) is 29.2 Å². The molecule has 6 heteroatoms. The maximum absolute atomic E-state index is 13.6. The molecule has 2 amide bonds. The number of benzene rings is 2. The first kappa shape index (κ1) is 20.3. The van der Waals surface area contributed by atoms with Gasteiger partial charge in [0, 0.05) is 19.7 Å². The molecule has 1 unspecified atom stereocenters. The Bertz CT molecular complexity index is 1030. The molecule has 1 fully saturated rings. The first-order valence-corrected chi connectivity index (χ1v) is 10.2. The first-order chi connectivity index (χ1) is 14.4. The quantitative estimate of drug-likeness (QED) is 0.788. The maximum Gasteiger partial charge on any atom is 0.282 e. The number of imide groups is 1. The van der Waals surface area contributed by atoms with Crippen molar-refractivity contribution in [3.8, 4) is 0 Å². The van der Waals surface area contributed by atoms with Gasteiger partial charge in [-0.05, 0) is 61.9 Å². The molecule has 4 rings (SSSR count). The number of piperidine rings is 1.